The van der Waals surface area contributed by atoms with E-state index in [-0.39, 0.29) is 0 Å². The van der Waals surface area contributed by atoms with Gasteiger partial charge in [0.1, 0.15) is 0 Å². The number of hydrogen-bond donors (Lipinski definition) is 1. The first-order valence-corrected chi connectivity index (χ1v) is 6.06. The molecule has 84 valence electrons. The number of aryl methyl sites for hydroxylation is 1. The summed E-state index contributed by atoms with van der Waals surface area (Å²) in [6.07, 6.45) is 7.93. The van der Waals surface area contributed by atoms with Crippen LogP contribution < -0.4 is 5.32 Å². The molecular weight excluding hydrogens is 186 g/mol. The minimum Gasteiger partial charge on any atom is -0.355 e. The molecule has 1 aliphatic carbocycles. The van der Waals surface area contributed by atoms with E-state index in [4.69, 9.17) is 0 Å². The number of nitrogens with one attached hydrogen (secondary N) is 1. The maximum absolute atomic E-state index is 4.34. The van der Waals surface area contributed by atoms with Crippen LogP contribution >= 0.6 is 0 Å². The van der Waals surface area contributed by atoms with Gasteiger partial charge in [0.2, 0.25) is 5.95 Å². The van der Waals surface area contributed by atoms with Gasteiger partial charge in [0.15, 0.2) is 0 Å². The van der Waals surface area contributed by atoms with Crippen LogP contribution in [-0.2, 0) is 6.54 Å². The predicted molar refractivity (Wildman–Crippen MR) is 62.9 cm³/mol. The Balaban J connectivity index is 1.83. The van der Waals surface area contributed by atoms with Crippen LogP contribution in [0.3, 0.4) is 0 Å². The lowest BCUT2D eigenvalue weighted by Crippen LogP contribution is -2.16. The number of imidazole rings is 1. The van der Waals surface area contributed by atoms with Crippen molar-refractivity contribution in [2.45, 2.75) is 39.7 Å². The van der Waals surface area contributed by atoms with Crippen LogP contribution in [0.2, 0.25) is 0 Å². The van der Waals surface area contributed by atoms with Crippen molar-refractivity contribution in [3.8, 4) is 0 Å². The molecule has 3 nitrogen and oxygen atoms in total. The van der Waals surface area contributed by atoms with E-state index in [1.54, 1.807) is 0 Å². The third-order valence-electron chi connectivity index (χ3n) is 3.19. The van der Waals surface area contributed by atoms with E-state index in [1.165, 1.54) is 12.8 Å². The van der Waals surface area contributed by atoms with Crippen molar-refractivity contribution in [2.24, 2.45) is 11.8 Å². The summed E-state index contributed by atoms with van der Waals surface area (Å²) in [5.41, 5.74) is 0. The van der Waals surface area contributed by atoms with Gasteiger partial charge in [-0.05, 0) is 31.1 Å². The van der Waals surface area contributed by atoms with Gasteiger partial charge in [0.05, 0.1) is 0 Å². The molecule has 1 heterocycles. The normalized spacial score (nSPS) is 17.7. The Kier molecular flexibility index (Phi) is 3.29. The van der Waals surface area contributed by atoms with Crippen molar-refractivity contribution >= 4 is 5.95 Å². The summed E-state index contributed by atoms with van der Waals surface area (Å²) < 4.78 is 2.19. The van der Waals surface area contributed by atoms with Gasteiger partial charge in [-0.3, -0.25) is 0 Å². The molecule has 1 saturated carbocycles. The summed E-state index contributed by atoms with van der Waals surface area (Å²) in [7, 11) is 0. The SMILES string of the molecule is CCCn1ccnc1NCC(C)C1CC1. The zero-order valence-electron chi connectivity index (χ0n) is 9.74. The lowest BCUT2D eigenvalue weighted by molar-refractivity contribution is 0.532. The molecule has 1 unspecified atom stereocenters. The van der Waals surface area contributed by atoms with E-state index in [2.05, 4.69) is 28.7 Å². The smallest absolute Gasteiger partial charge is 0.202 e. The number of aromatic nitrogens is 2. The lowest BCUT2D eigenvalue weighted by Gasteiger charge is -2.13. The standard InChI is InChI=1S/C12H21N3/c1-3-7-15-8-6-13-12(15)14-9-10(2)11-4-5-11/h6,8,10-11H,3-5,7,9H2,1-2H3,(H,13,14). The summed E-state index contributed by atoms with van der Waals surface area (Å²) in [6, 6.07) is 0. The summed E-state index contributed by atoms with van der Waals surface area (Å²) in [4.78, 5) is 4.34. The molecule has 2 rings (SSSR count). The minimum atomic E-state index is 0.789. The monoisotopic (exact) mass is 207 g/mol. The fraction of sp³-hybridized carbons (Fsp3) is 0.750. The van der Waals surface area contributed by atoms with E-state index in [0.29, 0.717) is 0 Å². The Hall–Kier alpha value is -0.990. The molecule has 3 heteroatoms. The Morgan fingerprint density at radius 2 is 2.40 bits per heavy atom. The Bertz CT molecular complexity index is 302. The largest absolute Gasteiger partial charge is 0.355 e. The van der Waals surface area contributed by atoms with Crippen LogP contribution in [0.4, 0.5) is 5.95 Å². The molecule has 1 aromatic rings. The summed E-state index contributed by atoms with van der Waals surface area (Å²) in [5.74, 6) is 2.79. The summed E-state index contributed by atoms with van der Waals surface area (Å²) in [5, 5.41) is 3.45. The fourth-order valence-corrected chi connectivity index (χ4v) is 1.98. The second-order valence-corrected chi connectivity index (χ2v) is 4.64. The molecule has 0 spiro atoms. The lowest BCUT2D eigenvalue weighted by atomic mass is 10.1. The number of rotatable bonds is 6. The van der Waals surface area contributed by atoms with Gasteiger partial charge in [0.25, 0.3) is 0 Å². The highest BCUT2D eigenvalue weighted by Gasteiger charge is 2.27. The molecule has 0 aliphatic heterocycles. The van der Waals surface area contributed by atoms with Gasteiger partial charge < -0.3 is 9.88 Å². The van der Waals surface area contributed by atoms with Crippen molar-refractivity contribution in [3.05, 3.63) is 12.4 Å². The third kappa shape index (κ3) is 2.74. The molecule has 0 amide bonds. The van der Waals surface area contributed by atoms with E-state index in [9.17, 15) is 0 Å². The van der Waals surface area contributed by atoms with Gasteiger partial charge >= 0.3 is 0 Å². The first-order valence-electron chi connectivity index (χ1n) is 6.06. The Morgan fingerprint density at radius 1 is 1.60 bits per heavy atom. The van der Waals surface area contributed by atoms with E-state index >= 15 is 0 Å². The molecule has 0 radical (unpaired) electrons. The van der Waals surface area contributed by atoms with Gasteiger partial charge in [-0.2, -0.15) is 0 Å². The van der Waals surface area contributed by atoms with Crippen LogP contribution in [0.25, 0.3) is 0 Å². The van der Waals surface area contributed by atoms with Gasteiger partial charge in [-0.25, -0.2) is 4.98 Å². The van der Waals surface area contributed by atoms with Crippen molar-refractivity contribution in [2.75, 3.05) is 11.9 Å². The highest BCUT2D eigenvalue weighted by molar-refractivity contribution is 5.25. The topological polar surface area (TPSA) is 29.9 Å². The molecule has 1 atom stereocenters. The van der Waals surface area contributed by atoms with Crippen LogP contribution in [0.5, 0.6) is 0 Å². The molecule has 1 aromatic heterocycles. The summed E-state index contributed by atoms with van der Waals surface area (Å²) in [6.45, 7) is 6.64. The molecule has 1 N–H and O–H groups in total. The number of hydrogen-bond acceptors (Lipinski definition) is 2. The highest BCUT2D eigenvalue weighted by Crippen LogP contribution is 2.36. The first kappa shape index (κ1) is 10.5. The average Bonchev–Trinajstić information content (AvgIpc) is 2.99. The zero-order valence-corrected chi connectivity index (χ0v) is 9.74. The number of anilines is 1. The molecule has 1 fully saturated rings. The second-order valence-electron chi connectivity index (χ2n) is 4.64. The zero-order chi connectivity index (χ0) is 10.7. The highest BCUT2D eigenvalue weighted by atomic mass is 15.2. The van der Waals surface area contributed by atoms with Crippen molar-refractivity contribution < 1.29 is 0 Å². The van der Waals surface area contributed by atoms with Crippen LogP contribution in [0.15, 0.2) is 12.4 Å². The van der Waals surface area contributed by atoms with E-state index in [0.717, 1.165) is 37.3 Å². The molecule has 0 aromatic carbocycles. The van der Waals surface area contributed by atoms with Crippen LogP contribution in [0, 0.1) is 11.8 Å². The molecule has 1 aliphatic rings. The minimum absolute atomic E-state index is 0.789. The van der Waals surface area contributed by atoms with E-state index in [1.807, 2.05) is 12.4 Å². The van der Waals surface area contributed by atoms with Gasteiger partial charge in [0, 0.05) is 25.5 Å². The second kappa shape index (κ2) is 4.69. The third-order valence-corrected chi connectivity index (χ3v) is 3.19. The average molecular weight is 207 g/mol. The maximum Gasteiger partial charge on any atom is 0.202 e. The fourth-order valence-electron chi connectivity index (χ4n) is 1.98. The molecule has 0 saturated heterocycles. The summed E-state index contributed by atoms with van der Waals surface area (Å²) >= 11 is 0. The quantitative estimate of drug-likeness (QED) is 0.777. The maximum atomic E-state index is 4.34. The van der Waals surface area contributed by atoms with Crippen LogP contribution in [0.1, 0.15) is 33.1 Å². The van der Waals surface area contributed by atoms with Crippen molar-refractivity contribution in [1.82, 2.24) is 9.55 Å². The molecule has 15 heavy (non-hydrogen) atoms. The van der Waals surface area contributed by atoms with Gasteiger partial charge in [-0.15, -0.1) is 0 Å². The van der Waals surface area contributed by atoms with Gasteiger partial charge in [-0.1, -0.05) is 13.8 Å². The molecule has 0 bridgehead atoms. The number of nitrogens with zero attached hydrogens (tertiary/aromatic N) is 2. The van der Waals surface area contributed by atoms with Crippen molar-refractivity contribution in [1.29, 1.82) is 0 Å². The Labute approximate surface area is 91.9 Å². The Morgan fingerprint density at radius 3 is 3.07 bits per heavy atom. The van der Waals surface area contributed by atoms with Crippen molar-refractivity contribution in [3.63, 3.8) is 0 Å². The molecular formula is C12H21N3. The van der Waals surface area contributed by atoms with Crippen LogP contribution in [-0.4, -0.2) is 16.1 Å². The predicted octanol–water partition coefficient (Wildman–Crippen LogP) is 2.75. The van der Waals surface area contributed by atoms with E-state index < -0.39 is 0 Å². The first-order chi connectivity index (χ1) is 7.31.